The number of alkyl halides is 3. The van der Waals surface area contributed by atoms with E-state index in [2.05, 4.69) is 15.3 Å². The minimum absolute atomic E-state index is 0.141. The van der Waals surface area contributed by atoms with Gasteiger partial charge in [-0.25, -0.2) is 0 Å². The van der Waals surface area contributed by atoms with Crippen LogP contribution in [0.15, 0.2) is 68.4 Å². The average Bonchev–Trinajstić information content (AvgIpc) is 2.87. The lowest BCUT2D eigenvalue weighted by Gasteiger charge is -2.30. The highest BCUT2D eigenvalue weighted by molar-refractivity contribution is 6.43. The molecule has 6 nitrogen and oxygen atoms in total. The van der Waals surface area contributed by atoms with E-state index in [1.54, 1.807) is 31.2 Å². The lowest BCUT2D eigenvalue weighted by molar-refractivity contribution is -0.114. The number of hydrogen-bond acceptors (Lipinski definition) is 5. The van der Waals surface area contributed by atoms with Crippen LogP contribution in [0.4, 0.5) is 13.2 Å². The van der Waals surface area contributed by atoms with Crippen molar-refractivity contribution in [3.8, 4) is 0 Å². The third kappa shape index (κ3) is 6.93. The van der Waals surface area contributed by atoms with Gasteiger partial charge in [-0.3, -0.25) is 14.8 Å². The fourth-order valence-electron chi connectivity index (χ4n) is 2.76. The van der Waals surface area contributed by atoms with Gasteiger partial charge in [0, 0.05) is 23.4 Å². The number of carbonyl (C=O) groups is 1. The van der Waals surface area contributed by atoms with E-state index in [9.17, 15) is 18.0 Å². The van der Waals surface area contributed by atoms with Crippen LogP contribution in [-0.4, -0.2) is 42.4 Å². The normalized spacial score (nSPS) is 23.6. The molecule has 1 atom stereocenters. The first-order valence-electron chi connectivity index (χ1n) is 9.40. The van der Waals surface area contributed by atoms with E-state index < -0.39 is 23.2 Å². The van der Waals surface area contributed by atoms with Gasteiger partial charge in [0.05, 0.1) is 12.2 Å². The molecule has 2 rings (SSSR count). The van der Waals surface area contributed by atoms with Crippen LogP contribution in [0.3, 0.4) is 0 Å². The number of amidine groups is 1. The van der Waals surface area contributed by atoms with Crippen molar-refractivity contribution in [2.24, 2.45) is 15.7 Å². The van der Waals surface area contributed by atoms with Crippen LogP contribution in [-0.2, 0) is 9.53 Å². The second-order valence-corrected chi connectivity index (χ2v) is 7.71. The van der Waals surface area contributed by atoms with E-state index in [0.717, 1.165) is 11.6 Å². The number of ether oxygens (including phenoxy) is 1. The first-order chi connectivity index (χ1) is 14.4. The number of nitrogens with one attached hydrogen (secondary N) is 1. The molecule has 0 aromatic heterocycles. The smallest absolute Gasteiger partial charge is 0.386 e. The third-order valence-electron chi connectivity index (χ3n) is 4.57. The van der Waals surface area contributed by atoms with Gasteiger partial charge >= 0.3 is 6.18 Å². The molecule has 10 heteroatoms. The molecule has 3 N–H and O–H groups in total. The number of hydrogen-bond donors (Lipinski definition) is 2. The number of carbonyl (C=O) groups excluding carboxylic acids is 1. The summed E-state index contributed by atoms with van der Waals surface area (Å²) < 4.78 is 44.3. The molecule has 2 heterocycles. The number of allylic oxidation sites excluding steroid dienone is 7. The summed E-state index contributed by atoms with van der Waals surface area (Å²) in [5.74, 6) is -0.301. The average molecular weight is 457 g/mol. The molecular weight excluding hydrogens is 433 g/mol. The van der Waals surface area contributed by atoms with Crippen molar-refractivity contribution in [3.05, 3.63) is 58.5 Å². The van der Waals surface area contributed by atoms with Crippen LogP contribution in [0.5, 0.6) is 0 Å². The van der Waals surface area contributed by atoms with Crippen LogP contribution in [0, 0.1) is 0 Å². The van der Waals surface area contributed by atoms with Gasteiger partial charge in [-0.05, 0) is 44.6 Å². The van der Waals surface area contributed by atoms with E-state index in [4.69, 9.17) is 22.1 Å². The Balaban J connectivity index is 2.30. The summed E-state index contributed by atoms with van der Waals surface area (Å²) >= 11 is 5.88. The number of halogens is 4. The molecule has 1 unspecified atom stereocenters. The molecule has 0 aromatic carbocycles. The molecule has 0 saturated heterocycles. The lowest BCUT2D eigenvalue weighted by atomic mass is 9.93. The zero-order valence-corrected chi connectivity index (χ0v) is 18.1. The SMILES string of the molecule is C\C=C/C=C(\C=C(/C)C1(C)COCC(N)=N1)NC(=O)C1=NC=C(C(F)(F)F)C=C(Cl)C1. The van der Waals surface area contributed by atoms with Crippen LogP contribution >= 0.6 is 11.6 Å². The topological polar surface area (TPSA) is 89.1 Å². The Morgan fingerprint density at radius 3 is 2.74 bits per heavy atom. The molecule has 0 aliphatic carbocycles. The zero-order valence-electron chi connectivity index (χ0n) is 17.4. The summed E-state index contributed by atoms with van der Waals surface area (Å²) in [5.41, 5.74) is 5.07. The van der Waals surface area contributed by atoms with E-state index in [0.29, 0.717) is 24.3 Å². The second kappa shape index (κ2) is 10.1. The van der Waals surface area contributed by atoms with Gasteiger partial charge < -0.3 is 15.8 Å². The van der Waals surface area contributed by atoms with Gasteiger partial charge in [-0.15, -0.1) is 0 Å². The number of amides is 1. The highest BCUT2D eigenvalue weighted by Gasteiger charge is 2.34. The fraction of sp³-hybridized carbons (Fsp3) is 0.381. The number of aliphatic imine (C=N–C) groups is 2. The minimum atomic E-state index is -4.62. The first kappa shape index (κ1) is 24.6. The largest absolute Gasteiger partial charge is 0.417 e. The molecule has 2 aliphatic rings. The van der Waals surface area contributed by atoms with Crippen molar-refractivity contribution in [2.75, 3.05) is 13.2 Å². The molecule has 31 heavy (non-hydrogen) atoms. The zero-order chi connectivity index (χ0) is 23.2. The maximum Gasteiger partial charge on any atom is 0.417 e. The van der Waals surface area contributed by atoms with E-state index in [1.165, 1.54) is 0 Å². The summed E-state index contributed by atoms with van der Waals surface area (Å²) in [7, 11) is 0. The van der Waals surface area contributed by atoms with Crippen molar-refractivity contribution in [2.45, 2.75) is 38.9 Å². The van der Waals surface area contributed by atoms with Gasteiger partial charge in [0.2, 0.25) is 0 Å². The molecule has 0 saturated carbocycles. The Kier molecular flexibility index (Phi) is 8.02. The summed E-state index contributed by atoms with van der Waals surface area (Å²) in [6, 6.07) is 0. The fourth-order valence-corrected chi connectivity index (χ4v) is 3.00. The molecule has 0 spiro atoms. The summed E-state index contributed by atoms with van der Waals surface area (Å²) in [6.07, 6.45) is 3.33. The maximum absolute atomic E-state index is 13.0. The summed E-state index contributed by atoms with van der Waals surface area (Å²) in [6.45, 7) is 6.05. The Morgan fingerprint density at radius 1 is 1.42 bits per heavy atom. The van der Waals surface area contributed by atoms with E-state index >= 15 is 0 Å². The standard InChI is InChI=1S/C21H24ClF3N4O2/c1-4-5-6-16(7-13(2)20(3)12-31-11-18(26)29-20)28-19(30)17-9-15(22)8-14(10-27-17)21(23,24)25/h4-8,10H,9,11-12H2,1-3H3,(H2,26,29)(H,28,30)/b5-4-,13-7+,16-6+. The summed E-state index contributed by atoms with van der Waals surface area (Å²) in [4.78, 5) is 20.9. The molecular formula is C21H24ClF3N4O2. The molecule has 1 amide bonds. The van der Waals surface area contributed by atoms with Gasteiger partial charge in [-0.1, -0.05) is 23.8 Å². The Labute approximate surface area is 183 Å². The Hall–Kier alpha value is -2.65. The van der Waals surface area contributed by atoms with Crippen molar-refractivity contribution in [3.63, 3.8) is 0 Å². The van der Waals surface area contributed by atoms with Crippen LogP contribution in [0.25, 0.3) is 0 Å². The van der Waals surface area contributed by atoms with Crippen LogP contribution in [0.1, 0.15) is 27.2 Å². The van der Waals surface area contributed by atoms with Crippen molar-refractivity contribution >= 4 is 29.1 Å². The van der Waals surface area contributed by atoms with Gasteiger partial charge in [-0.2, -0.15) is 13.2 Å². The second-order valence-electron chi connectivity index (χ2n) is 7.23. The monoisotopic (exact) mass is 456 g/mol. The van der Waals surface area contributed by atoms with Gasteiger partial charge in [0.25, 0.3) is 5.91 Å². The first-order valence-corrected chi connectivity index (χ1v) is 9.77. The van der Waals surface area contributed by atoms with Gasteiger partial charge in [0.1, 0.15) is 23.7 Å². The van der Waals surface area contributed by atoms with Crippen molar-refractivity contribution < 1.29 is 22.7 Å². The number of nitrogens with zero attached hydrogens (tertiary/aromatic N) is 2. The van der Waals surface area contributed by atoms with Crippen LogP contribution < -0.4 is 11.1 Å². The lowest BCUT2D eigenvalue weighted by Crippen LogP contribution is -2.40. The molecule has 2 aliphatic heterocycles. The Morgan fingerprint density at radius 2 is 2.13 bits per heavy atom. The summed E-state index contributed by atoms with van der Waals surface area (Å²) in [5, 5.41) is 2.53. The van der Waals surface area contributed by atoms with Crippen molar-refractivity contribution in [1.29, 1.82) is 0 Å². The molecule has 168 valence electrons. The predicted octanol–water partition coefficient (Wildman–Crippen LogP) is 4.07. The van der Waals surface area contributed by atoms with Crippen LogP contribution in [0.2, 0.25) is 0 Å². The highest BCUT2D eigenvalue weighted by atomic mass is 35.5. The Bertz CT molecular complexity index is 943. The third-order valence-corrected chi connectivity index (χ3v) is 4.81. The molecule has 0 bridgehead atoms. The quantitative estimate of drug-likeness (QED) is 0.611. The maximum atomic E-state index is 13.0. The van der Waals surface area contributed by atoms with E-state index in [-0.39, 0.29) is 23.8 Å². The predicted molar refractivity (Wildman–Crippen MR) is 116 cm³/mol. The van der Waals surface area contributed by atoms with Crippen molar-refractivity contribution in [1.82, 2.24) is 5.32 Å². The molecule has 0 radical (unpaired) electrons. The number of nitrogens with two attached hydrogens (primary N) is 1. The highest BCUT2D eigenvalue weighted by Crippen LogP contribution is 2.30. The van der Waals surface area contributed by atoms with Gasteiger partial charge in [0.15, 0.2) is 0 Å². The minimum Gasteiger partial charge on any atom is -0.386 e. The van der Waals surface area contributed by atoms with E-state index in [1.807, 2.05) is 13.8 Å². The number of rotatable bonds is 5. The molecule has 0 fully saturated rings. The molecule has 0 aromatic rings.